The molecule has 0 bridgehead atoms. The van der Waals surface area contributed by atoms with Crippen molar-refractivity contribution in [3.63, 3.8) is 0 Å². The summed E-state index contributed by atoms with van der Waals surface area (Å²) in [5.74, 6) is 1.32. The number of carbonyl (C=O) groups excluding carboxylic acids is 1. The van der Waals surface area contributed by atoms with Gasteiger partial charge in [0.25, 0.3) is 5.91 Å². The van der Waals surface area contributed by atoms with Crippen molar-refractivity contribution in [3.8, 4) is 11.5 Å². The second-order valence-electron chi connectivity index (χ2n) is 8.11. The molecule has 1 fully saturated rings. The molecule has 1 aliphatic rings. The zero-order valence-corrected chi connectivity index (χ0v) is 19.5. The van der Waals surface area contributed by atoms with E-state index >= 15 is 0 Å². The number of carbonyl (C=O) groups is 1. The highest BCUT2D eigenvalue weighted by molar-refractivity contribution is 6.04. The van der Waals surface area contributed by atoms with E-state index in [9.17, 15) is 9.18 Å². The van der Waals surface area contributed by atoms with Gasteiger partial charge in [-0.2, -0.15) is 0 Å². The smallest absolute Gasteiger partial charge is 0.258 e. The molecule has 2 aromatic carbocycles. The van der Waals surface area contributed by atoms with Gasteiger partial charge in [-0.15, -0.1) is 0 Å². The summed E-state index contributed by atoms with van der Waals surface area (Å²) in [5.41, 5.74) is 1.63. The summed E-state index contributed by atoms with van der Waals surface area (Å²) in [6.45, 7) is 4.35. The Morgan fingerprint density at radius 2 is 1.85 bits per heavy atom. The quantitative estimate of drug-likeness (QED) is 0.565. The third-order valence-corrected chi connectivity index (χ3v) is 5.92. The standard InChI is InChI=1S/C26H29FN4O3/c1-33-23-10-5-7-19(25(23)34-2)18-30-13-6-14-31(16-15-30)24-12-11-20(17-28-24)29-26(32)21-8-3-4-9-22(21)27/h3-5,7-12,17H,6,13-16,18H2,1-2H3,(H,29,32). The van der Waals surface area contributed by atoms with Crippen molar-refractivity contribution < 1.29 is 18.7 Å². The number of amides is 1. The number of hydrogen-bond acceptors (Lipinski definition) is 6. The maximum atomic E-state index is 13.8. The largest absolute Gasteiger partial charge is 0.493 e. The fourth-order valence-electron chi connectivity index (χ4n) is 4.17. The zero-order valence-electron chi connectivity index (χ0n) is 19.5. The number of rotatable bonds is 7. The Hall–Kier alpha value is -3.65. The topological polar surface area (TPSA) is 66.9 Å². The fraction of sp³-hybridized carbons (Fsp3) is 0.308. The molecule has 2 heterocycles. The first-order chi connectivity index (χ1) is 16.6. The lowest BCUT2D eigenvalue weighted by Crippen LogP contribution is -2.31. The molecule has 1 N–H and O–H groups in total. The first kappa shape index (κ1) is 23.5. The van der Waals surface area contributed by atoms with Crippen molar-refractivity contribution in [3.05, 3.63) is 77.7 Å². The van der Waals surface area contributed by atoms with Crippen molar-refractivity contribution >= 4 is 17.4 Å². The summed E-state index contributed by atoms with van der Waals surface area (Å²) in [4.78, 5) is 21.5. The Bertz CT molecular complexity index is 1120. The monoisotopic (exact) mass is 464 g/mol. The number of benzene rings is 2. The van der Waals surface area contributed by atoms with Crippen LogP contribution < -0.4 is 19.7 Å². The number of para-hydroxylation sites is 1. The molecule has 0 spiro atoms. The summed E-state index contributed by atoms with van der Waals surface area (Å²) in [6, 6.07) is 15.5. The maximum Gasteiger partial charge on any atom is 0.258 e. The van der Waals surface area contributed by atoms with E-state index in [2.05, 4.69) is 26.2 Å². The molecular weight excluding hydrogens is 435 g/mol. The summed E-state index contributed by atoms with van der Waals surface area (Å²) >= 11 is 0. The van der Waals surface area contributed by atoms with E-state index in [1.54, 1.807) is 38.6 Å². The molecule has 1 aromatic heterocycles. The van der Waals surface area contributed by atoms with Crippen LogP contribution >= 0.6 is 0 Å². The van der Waals surface area contributed by atoms with E-state index in [0.29, 0.717) is 5.69 Å². The Morgan fingerprint density at radius 1 is 1.00 bits per heavy atom. The van der Waals surface area contributed by atoms with Crippen LogP contribution in [-0.2, 0) is 6.54 Å². The number of pyridine rings is 1. The molecule has 8 heteroatoms. The summed E-state index contributed by atoms with van der Waals surface area (Å²) < 4.78 is 24.8. The molecule has 1 amide bonds. The van der Waals surface area contributed by atoms with Gasteiger partial charge in [0.05, 0.1) is 31.7 Å². The molecule has 34 heavy (non-hydrogen) atoms. The predicted octanol–water partition coefficient (Wildman–Crippen LogP) is 4.20. The van der Waals surface area contributed by atoms with Gasteiger partial charge in [0.2, 0.25) is 0 Å². The average molecular weight is 465 g/mol. The highest BCUT2D eigenvalue weighted by atomic mass is 19.1. The molecule has 7 nitrogen and oxygen atoms in total. The van der Waals surface area contributed by atoms with Crippen molar-refractivity contribution in [1.82, 2.24) is 9.88 Å². The number of methoxy groups -OCH3 is 2. The van der Waals surface area contributed by atoms with E-state index < -0.39 is 11.7 Å². The number of halogens is 1. The lowest BCUT2D eigenvalue weighted by Gasteiger charge is -2.23. The molecule has 0 aliphatic carbocycles. The lowest BCUT2D eigenvalue weighted by molar-refractivity contribution is 0.102. The van der Waals surface area contributed by atoms with Crippen LogP contribution in [0.4, 0.5) is 15.9 Å². The number of aromatic nitrogens is 1. The van der Waals surface area contributed by atoms with E-state index in [1.165, 1.54) is 12.1 Å². The predicted molar refractivity (Wildman–Crippen MR) is 130 cm³/mol. The van der Waals surface area contributed by atoms with E-state index in [0.717, 1.165) is 62.0 Å². The van der Waals surface area contributed by atoms with Gasteiger partial charge in [-0.05, 0) is 36.8 Å². The van der Waals surface area contributed by atoms with Crippen LogP contribution in [-0.4, -0.2) is 56.2 Å². The molecule has 1 aliphatic heterocycles. The van der Waals surface area contributed by atoms with Crippen LogP contribution in [0.3, 0.4) is 0 Å². The Labute approximate surface area is 199 Å². The molecule has 0 unspecified atom stereocenters. The zero-order chi connectivity index (χ0) is 23.9. The third kappa shape index (κ3) is 5.46. The molecule has 0 radical (unpaired) electrons. The van der Waals surface area contributed by atoms with Crippen LogP contribution in [0.2, 0.25) is 0 Å². The van der Waals surface area contributed by atoms with Crippen LogP contribution in [0.1, 0.15) is 22.3 Å². The molecule has 0 saturated carbocycles. The highest BCUT2D eigenvalue weighted by Crippen LogP contribution is 2.31. The molecule has 178 valence electrons. The van der Waals surface area contributed by atoms with Crippen molar-refractivity contribution in [2.45, 2.75) is 13.0 Å². The number of ether oxygens (including phenoxy) is 2. The number of hydrogen-bond donors (Lipinski definition) is 1. The van der Waals surface area contributed by atoms with Crippen molar-refractivity contribution in [2.24, 2.45) is 0 Å². The first-order valence-corrected chi connectivity index (χ1v) is 11.3. The van der Waals surface area contributed by atoms with Crippen molar-refractivity contribution in [2.75, 3.05) is 50.6 Å². The first-order valence-electron chi connectivity index (χ1n) is 11.3. The molecular formula is C26H29FN4O3. The Balaban J connectivity index is 1.36. The maximum absolute atomic E-state index is 13.8. The minimum absolute atomic E-state index is 0.00634. The van der Waals surface area contributed by atoms with Crippen LogP contribution in [0.5, 0.6) is 11.5 Å². The number of nitrogens with zero attached hydrogens (tertiary/aromatic N) is 3. The lowest BCUT2D eigenvalue weighted by atomic mass is 10.1. The summed E-state index contributed by atoms with van der Waals surface area (Å²) in [5, 5.41) is 2.71. The molecule has 0 atom stereocenters. The van der Waals surface area contributed by atoms with E-state index in [-0.39, 0.29) is 5.56 Å². The van der Waals surface area contributed by atoms with Gasteiger partial charge in [-0.3, -0.25) is 9.69 Å². The van der Waals surface area contributed by atoms with Crippen LogP contribution in [0.15, 0.2) is 60.8 Å². The van der Waals surface area contributed by atoms with Gasteiger partial charge >= 0.3 is 0 Å². The van der Waals surface area contributed by atoms with Gasteiger partial charge in [0, 0.05) is 38.3 Å². The van der Waals surface area contributed by atoms with Gasteiger partial charge in [0.1, 0.15) is 11.6 Å². The second-order valence-corrected chi connectivity index (χ2v) is 8.11. The molecule has 1 saturated heterocycles. The normalized spacial score (nSPS) is 14.4. The van der Waals surface area contributed by atoms with Crippen LogP contribution in [0, 0.1) is 5.82 Å². The van der Waals surface area contributed by atoms with Crippen molar-refractivity contribution in [1.29, 1.82) is 0 Å². The second kappa shape index (κ2) is 11.0. The number of anilines is 2. The minimum Gasteiger partial charge on any atom is -0.493 e. The van der Waals surface area contributed by atoms with E-state index in [4.69, 9.17) is 9.47 Å². The van der Waals surface area contributed by atoms with Gasteiger partial charge in [-0.1, -0.05) is 24.3 Å². The summed E-state index contributed by atoms with van der Waals surface area (Å²) in [6.07, 6.45) is 2.61. The Morgan fingerprint density at radius 3 is 2.59 bits per heavy atom. The Kier molecular flexibility index (Phi) is 7.59. The minimum atomic E-state index is -0.551. The molecule has 3 aromatic rings. The molecule has 4 rings (SSSR count). The summed E-state index contributed by atoms with van der Waals surface area (Å²) in [7, 11) is 3.31. The number of nitrogens with one attached hydrogen (secondary N) is 1. The van der Waals surface area contributed by atoms with Crippen LogP contribution in [0.25, 0.3) is 0 Å². The SMILES string of the molecule is COc1cccc(CN2CCCN(c3ccc(NC(=O)c4ccccc4F)cn3)CC2)c1OC. The van der Waals surface area contributed by atoms with Gasteiger partial charge in [0.15, 0.2) is 11.5 Å². The third-order valence-electron chi connectivity index (χ3n) is 5.92. The van der Waals surface area contributed by atoms with E-state index in [1.807, 2.05) is 18.2 Å². The van der Waals surface area contributed by atoms with Gasteiger partial charge in [-0.25, -0.2) is 9.37 Å². The highest BCUT2D eigenvalue weighted by Gasteiger charge is 2.19. The fourth-order valence-corrected chi connectivity index (χ4v) is 4.17. The van der Waals surface area contributed by atoms with Gasteiger partial charge < -0.3 is 19.7 Å². The average Bonchev–Trinajstić information content (AvgIpc) is 3.10.